The Hall–Kier alpha value is -1.43. The van der Waals surface area contributed by atoms with Gasteiger partial charge in [-0.2, -0.15) is 0 Å². The van der Waals surface area contributed by atoms with E-state index in [1.807, 2.05) is 26.2 Å². The van der Waals surface area contributed by atoms with E-state index in [1.54, 1.807) is 16.2 Å². The Balaban J connectivity index is 1.99. The van der Waals surface area contributed by atoms with Gasteiger partial charge in [-0.3, -0.25) is 9.59 Å². The molecule has 1 aliphatic rings. The minimum Gasteiger partial charge on any atom is -0.342 e. The molecule has 20 heavy (non-hydrogen) atoms. The highest BCUT2D eigenvalue weighted by Gasteiger charge is 2.35. The summed E-state index contributed by atoms with van der Waals surface area (Å²) in [7, 11) is 0. The first-order valence-corrected chi connectivity index (χ1v) is 7.88. The molecule has 2 rings (SSSR count). The Morgan fingerprint density at radius 2 is 2.30 bits per heavy atom. The first-order chi connectivity index (χ1) is 9.51. The van der Waals surface area contributed by atoms with E-state index in [-0.39, 0.29) is 30.3 Å². The molecule has 0 bridgehead atoms. The lowest BCUT2D eigenvalue weighted by Gasteiger charge is -2.35. The highest BCUT2D eigenvalue weighted by molar-refractivity contribution is 7.09. The summed E-state index contributed by atoms with van der Waals surface area (Å²) in [6, 6.07) is -0.376. The van der Waals surface area contributed by atoms with Crippen LogP contribution >= 0.6 is 11.3 Å². The highest BCUT2D eigenvalue weighted by Crippen LogP contribution is 2.15. The molecule has 0 aromatic carbocycles. The number of nitrogens with zero attached hydrogens (tertiary/aromatic N) is 2. The first kappa shape index (κ1) is 15.0. The molecule has 0 saturated carbocycles. The van der Waals surface area contributed by atoms with Crippen molar-refractivity contribution in [3.63, 3.8) is 0 Å². The minimum atomic E-state index is -0.376. The van der Waals surface area contributed by atoms with Gasteiger partial charge in [0.15, 0.2) is 0 Å². The van der Waals surface area contributed by atoms with Gasteiger partial charge in [0, 0.05) is 18.3 Å². The van der Waals surface area contributed by atoms with E-state index >= 15 is 0 Å². The van der Waals surface area contributed by atoms with Crippen molar-refractivity contribution in [2.75, 3.05) is 13.1 Å². The summed E-state index contributed by atoms with van der Waals surface area (Å²) in [4.78, 5) is 30.2. The molecule has 110 valence electrons. The summed E-state index contributed by atoms with van der Waals surface area (Å²) in [5.74, 6) is 0.131. The topological polar surface area (TPSA) is 62.3 Å². The third kappa shape index (κ3) is 3.36. The number of hydrogen-bond acceptors (Lipinski definition) is 4. The van der Waals surface area contributed by atoms with Gasteiger partial charge < -0.3 is 10.2 Å². The van der Waals surface area contributed by atoms with Crippen molar-refractivity contribution in [3.05, 3.63) is 16.1 Å². The Labute approximate surface area is 123 Å². The van der Waals surface area contributed by atoms with Crippen molar-refractivity contribution in [1.29, 1.82) is 0 Å². The zero-order valence-electron chi connectivity index (χ0n) is 12.2. The Morgan fingerprint density at radius 3 is 2.90 bits per heavy atom. The molecule has 0 spiro atoms. The summed E-state index contributed by atoms with van der Waals surface area (Å²) in [6.07, 6.45) is 1.58. The van der Waals surface area contributed by atoms with E-state index in [2.05, 4.69) is 10.3 Å². The third-order valence-corrected chi connectivity index (χ3v) is 4.57. The van der Waals surface area contributed by atoms with Crippen LogP contribution in [0, 0.1) is 12.8 Å². The molecule has 6 heteroatoms. The molecule has 2 amide bonds. The van der Waals surface area contributed by atoms with Crippen molar-refractivity contribution in [3.8, 4) is 0 Å². The van der Waals surface area contributed by atoms with Crippen LogP contribution < -0.4 is 5.32 Å². The monoisotopic (exact) mass is 295 g/mol. The predicted molar refractivity (Wildman–Crippen MR) is 78.5 cm³/mol. The number of carbonyl (C=O) groups is 2. The van der Waals surface area contributed by atoms with Crippen LogP contribution in [0.4, 0.5) is 0 Å². The average molecular weight is 295 g/mol. The molecular weight excluding hydrogens is 274 g/mol. The van der Waals surface area contributed by atoms with Crippen LogP contribution in [0.2, 0.25) is 0 Å². The third-order valence-electron chi connectivity index (χ3n) is 3.75. The number of piperazine rings is 1. The summed E-state index contributed by atoms with van der Waals surface area (Å²) in [6.45, 7) is 6.71. The number of aromatic nitrogens is 1. The maximum absolute atomic E-state index is 12.4. The van der Waals surface area contributed by atoms with Crippen molar-refractivity contribution in [2.24, 2.45) is 5.92 Å². The lowest BCUT2D eigenvalue weighted by atomic mass is 9.96. The molecule has 5 nitrogen and oxygen atoms in total. The molecule has 1 aromatic rings. The van der Waals surface area contributed by atoms with Crippen molar-refractivity contribution in [1.82, 2.24) is 15.2 Å². The second-order valence-corrected chi connectivity index (χ2v) is 6.36. The number of amides is 2. The fourth-order valence-corrected chi connectivity index (χ4v) is 2.96. The molecule has 1 aromatic heterocycles. The van der Waals surface area contributed by atoms with Gasteiger partial charge >= 0.3 is 0 Å². The molecular formula is C14H21N3O2S. The van der Waals surface area contributed by atoms with Crippen LogP contribution in [-0.4, -0.2) is 40.8 Å². The minimum absolute atomic E-state index is 0.0332. The summed E-state index contributed by atoms with van der Waals surface area (Å²) >= 11 is 1.61. The van der Waals surface area contributed by atoms with Crippen LogP contribution in [0.3, 0.4) is 0 Å². The molecule has 1 N–H and O–H groups in total. The van der Waals surface area contributed by atoms with E-state index < -0.39 is 0 Å². The van der Waals surface area contributed by atoms with Gasteiger partial charge in [-0.15, -0.1) is 11.3 Å². The molecule has 0 radical (unpaired) electrons. The van der Waals surface area contributed by atoms with Gasteiger partial charge in [0.05, 0.1) is 17.2 Å². The number of thiazole rings is 1. The summed E-state index contributed by atoms with van der Waals surface area (Å²) in [5, 5.41) is 5.84. The first-order valence-electron chi connectivity index (χ1n) is 7.00. The van der Waals surface area contributed by atoms with Crippen LogP contribution in [0.1, 0.15) is 31.0 Å². The van der Waals surface area contributed by atoms with E-state index in [1.165, 1.54) is 0 Å². The van der Waals surface area contributed by atoms with Gasteiger partial charge in [-0.05, 0) is 12.8 Å². The van der Waals surface area contributed by atoms with Crippen LogP contribution in [0.5, 0.6) is 0 Å². The predicted octanol–water partition coefficient (Wildman–Crippen LogP) is 1.37. The fraction of sp³-hybridized carbons (Fsp3) is 0.643. The van der Waals surface area contributed by atoms with Crippen molar-refractivity contribution in [2.45, 2.75) is 39.7 Å². The number of aryl methyl sites for hydroxylation is 1. The second kappa shape index (κ2) is 6.35. The molecule has 2 atom stereocenters. The molecule has 1 fully saturated rings. The lowest BCUT2D eigenvalue weighted by Crippen LogP contribution is -2.60. The Bertz CT molecular complexity index is 500. The smallest absolute Gasteiger partial charge is 0.245 e. The van der Waals surface area contributed by atoms with Crippen molar-refractivity contribution >= 4 is 23.2 Å². The van der Waals surface area contributed by atoms with Gasteiger partial charge in [-0.1, -0.05) is 20.3 Å². The van der Waals surface area contributed by atoms with Crippen molar-refractivity contribution < 1.29 is 9.59 Å². The zero-order valence-corrected chi connectivity index (χ0v) is 13.0. The van der Waals surface area contributed by atoms with Gasteiger partial charge in [-0.25, -0.2) is 4.98 Å². The molecule has 2 heterocycles. The molecule has 2 unspecified atom stereocenters. The van der Waals surface area contributed by atoms with Gasteiger partial charge in [0.25, 0.3) is 0 Å². The fourth-order valence-electron chi connectivity index (χ4n) is 2.31. The Kier molecular flexibility index (Phi) is 4.75. The van der Waals surface area contributed by atoms with Gasteiger partial charge in [0.2, 0.25) is 11.8 Å². The average Bonchev–Trinajstić information content (AvgIpc) is 2.84. The van der Waals surface area contributed by atoms with Crippen LogP contribution in [-0.2, 0) is 16.0 Å². The van der Waals surface area contributed by atoms with Crippen LogP contribution in [0.15, 0.2) is 5.38 Å². The zero-order chi connectivity index (χ0) is 14.7. The number of hydrogen-bond donors (Lipinski definition) is 1. The molecule has 0 aliphatic carbocycles. The Morgan fingerprint density at radius 1 is 1.55 bits per heavy atom. The number of rotatable bonds is 5. The maximum atomic E-state index is 12.4. The summed E-state index contributed by atoms with van der Waals surface area (Å²) < 4.78 is 0. The maximum Gasteiger partial charge on any atom is 0.245 e. The van der Waals surface area contributed by atoms with E-state index in [9.17, 15) is 9.59 Å². The summed E-state index contributed by atoms with van der Waals surface area (Å²) in [5.41, 5.74) is 0.992. The molecule has 1 aliphatic heterocycles. The van der Waals surface area contributed by atoms with E-state index in [0.717, 1.165) is 17.1 Å². The standard InChI is InChI=1S/C14H21N3O2S/c1-4-9(2)13-14(19)17(7-12(18)16-13)6-5-11-8-20-10(3)15-11/h8-9,13H,4-7H2,1-3H3,(H,16,18). The van der Waals surface area contributed by atoms with Crippen LogP contribution in [0.25, 0.3) is 0 Å². The lowest BCUT2D eigenvalue weighted by molar-refractivity contribution is -0.145. The second-order valence-electron chi connectivity index (χ2n) is 5.30. The SMILES string of the molecule is CCC(C)C1NC(=O)CN(CCc2csc(C)n2)C1=O. The normalized spacial score (nSPS) is 20.9. The number of carbonyl (C=O) groups excluding carboxylic acids is 2. The van der Waals surface area contributed by atoms with Gasteiger partial charge in [0.1, 0.15) is 6.04 Å². The van der Waals surface area contributed by atoms with E-state index in [4.69, 9.17) is 0 Å². The highest BCUT2D eigenvalue weighted by atomic mass is 32.1. The largest absolute Gasteiger partial charge is 0.342 e. The number of nitrogens with one attached hydrogen (secondary N) is 1. The van der Waals surface area contributed by atoms with E-state index in [0.29, 0.717) is 13.0 Å². The quantitative estimate of drug-likeness (QED) is 0.892. The molecule has 1 saturated heterocycles.